The van der Waals surface area contributed by atoms with Gasteiger partial charge in [0.05, 0.1) is 20.3 Å². The highest BCUT2D eigenvalue weighted by atomic mass is 16.5. The van der Waals surface area contributed by atoms with Gasteiger partial charge in [-0.05, 0) is 12.3 Å². The first-order chi connectivity index (χ1) is 7.65. The molecule has 0 aliphatic carbocycles. The first kappa shape index (κ1) is 13.4. The van der Waals surface area contributed by atoms with Crippen LogP contribution in [0.2, 0.25) is 0 Å². The lowest BCUT2D eigenvalue weighted by Gasteiger charge is -2.36. The fourth-order valence-electron chi connectivity index (χ4n) is 2.25. The Bertz CT molecular complexity index is 223. The number of carbonyl (C=O) groups excluding carboxylic acids is 1. The lowest BCUT2D eigenvalue weighted by atomic mass is 9.96. The van der Waals surface area contributed by atoms with Crippen molar-refractivity contribution in [2.75, 3.05) is 39.9 Å². The molecule has 1 rings (SSSR count). The van der Waals surface area contributed by atoms with Crippen molar-refractivity contribution in [2.24, 2.45) is 5.92 Å². The largest absolute Gasteiger partial charge is 0.468 e. The second kappa shape index (κ2) is 6.83. The van der Waals surface area contributed by atoms with Crippen molar-refractivity contribution in [3.05, 3.63) is 0 Å². The van der Waals surface area contributed by atoms with Gasteiger partial charge >= 0.3 is 5.97 Å². The molecule has 5 heteroatoms. The van der Waals surface area contributed by atoms with Crippen molar-refractivity contribution < 1.29 is 14.6 Å². The second-order valence-electron chi connectivity index (χ2n) is 4.49. The highest BCUT2D eigenvalue weighted by molar-refractivity contribution is 5.71. The van der Waals surface area contributed by atoms with Gasteiger partial charge < -0.3 is 15.2 Å². The van der Waals surface area contributed by atoms with Gasteiger partial charge in [-0.2, -0.15) is 0 Å². The highest BCUT2D eigenvalue weighted by Gasteiger charge is 2.25. The maximum atomic E-state index is 11.2. The zero-order chi connectivity index (χ0) is 12.0. The fourth-order valence-corrected chi connectivity index (χ4v) is 2.25. The number of hydrogen-bond acceptors (Lipinski definition) is 5. The van der Waals surface area contributed by atoms with Crippen molar-refractivity contribution in [1.29, 1.82) is 0 Å². The van der Waals surface area contributed by atoms with Gasteiger partial charge in [-0.25, -0.2) is 0 Å². The molecule has 5 nitrogen and oxygen atoms in total. The number of hydrogen-bond donors (Lipinski definition) is 2. The zero-order valence-corrected chi connectivity index (χ0v) is 10.1. The van der Waals surface area contributed by atoms with E-state index in [4.69, 9.17) is 5.11 Å². The molecule has 0 saturated carbocycles. The summed E-state index contributed by atoms with van der Waals surface area (Å²) in [6, 6.07) is 0.362. The maximum Gasteiger partial charge on any atom is 0.319 e. The number of esters is 1. The number of likely N-dealkylation sites (tertiary alicyclic amines) is 1. The topological polar surface area (TPSA) is 61.8 Å². The molecule has 1 aliphatic rings. The van der Waals surface area contributed by atoms with Crippen LogP contribution in [-0.2, 0) is 9.53 Å². The molecule has 1 heterocycles. The zero-order valence-electron chi connectivity index (χ0n) is 10.1. The van der Waals surface area contributed by atoms with E-state index >= 15 is 0 Å². The summed E-state index contributed by atoms with van der Waals surface area (Å²) in [5, 5.41) is 12.0. The second-order valence-corrected chi connectivity index (χ2v) is 4.49. The average molecular weight is 230 g/mol. The first-order valence-electron chi connectivity index (χ1n) is 5.79. The average Bonchev–Trinajstić information content (AvgIpc) is 2.25. The number of rotatable bonds is 5. The number of methoxy groups -OCH3 is 1. The van der Waals surface area contributed by atoms with E-state index in [9.17, 15) is 4.79 Å². The molecule has 0 amide bonds. The van der Waals surface area contributed by atoms with Crippen molar-refractivity contribution in [2.45, 2.75) is 19.4 Å². The number of nitrogens with zero attached hydrogens (tertiary/aromatic N) is 1. The Morgan fingerprint density at radius 1 is 1.56 bits per heavy atom. The highest BCUT2D eigenvalue weighted by Crippen LogP contribution is 2.15. The fraction of sp³-hybridized carbons (Fsp3) is 0.909. The minimum Gasteiger partial charge on any atom is -0.468 e. The van der Waals surface area contributed by atoms with E-state index in [-0.39, 0.29) is 12.6 Å². The third-order valence-electron chi connectivity index (χ3n) is 2.86. The van der Waals surface area contributed by atoms with E-state index in [1.54, 1.807) is 0 Å². The summed E-state index contributed by atoms with van der Waals surface area (Å²) < 4.78 is 4.66. The van der Waals surface area contributed by atoms with E-state index in [0.717, 1.165) is 19.5 Å². The van der Waals surface area contributed by atoms with Gasteiger partial charge in [-0.3, -0.25) is 9.69 Å². The summed E-state index contributed by atoms with van der Waals surface area (Å²) in [6.45, 7) is 5.09. The normalized spacial score (nSPS) is 26.7. The van der Waals surface area contributed by atoms with E-state index < -0.39 is 0 Å². The van der Waals surface area contributed by atoms with Crippen molar-refractivity contribution >= 4 is 5.97 Å². The molecule has 1 saturated heterocycles. The van der Waals surface area contributed by atoms with E-state index in [1.165, 1.54) is 7.11 Å². The predicted molar refractivity (Wildman–Crippen MR) is 61.1 cm³/mol. The van der Waals surface area contributed by atoms with Gasteiger partial charge in [-0.1, -0.05) is 6.92 Å². The molecule has 0 radical (unpaired) electrons. The van der Waals surface area contributed by atoms with Crippen LogP contribution in [0.3, 0.4) is 0 Å². The quantitative estimate of drug-likeness (QED) is 0.621. The molecule has 0 bridgehead atoms. The molecule has 16 heavy (non-hydrogen) atoms. The van der Waals surface area contributed by atoms with Crippen LogP contribution >= 0.6 is 0 Å². The van der Waals surface area contributed by atoms with Crippen LogP contribution in [0.15, 0.2) is 0 Å². The molecule has 0 spiro atoms. The maximum absolute atomic E-state index is 11.2. The molecule has 2 N–H and O–H groups in total. The molecule has 0 aromatic heterocycles. The summed E-state index contributed by atoms with van der Waals surface area (Å²) in [7, 11) is 1.41. The Morgan fingerprint density at radius 2 is 2.31 bits per heavy atom. The van der Waals surface area contributed by atoms with E-state index in [0.29, 0.717) is 25.0 Å². The lowest BCUT2D eigenvalue weighted by molar-refractivity contribution is -0.142. The minimum atomic E-state index is -0.185. The number of piperidine rings is 1. The van der Waals surface area contributed by atoms with Gasteiger partial charge in [-0.15, -0.1) is 0 Å². The van der Waals surface area contributed by atoms with Gasteiger partial charge in [0.25, 0.3) is 0 Å². The Morgan fingerprint density at radius 3 is 2.94 bits per heavy atom. The number of carbonyl (C=O) groups is 1. The first-order valence-corrected chi connectivity index (χ1v) is 5.79. The third-order valence-corrected chi connectivity index (χ3v) is 2.86. The molecule has 1 aliphatic heterocycles. The number of nitrogens with one attached hydrogen (secondary N) is 1. The smallest absolute Gasteiger partial charge is 0.319 e. The van der Waals surface area contributed by atoms with Crippen LogP contribution in [0.5, 0.6) is 0 Å². The Hall–Kier alpha value is -0.650. The summed E-state index contributed by atoms with van der Waals surface area (Å²) in [4.78, 5) is 13.3. The monoisotopic (exact) mass is 230 g/mol. The number of aliphatic hydroxyl groups excluding tert-OH is 1. The van der Waals surface area contributed by atoms with Crippen molar-refractivity contribution in [1.82, 2.24) is 10.2 Å². The molecule has 0 aromatic rings. The summed E-state index contributed by atoms with van der Waals surface area (Å²) in [6.07, 6.45) is 1.09. The molecule has 2 unspecified atom stereocenters. The summed E-state index contributed by atoms with van der Waals surface area (Å²) >= 11 is 0. The molecular formula is C11H22N2O3. The van der Waals surface area contributed by atoms with Crippen LogP contribution in [0.1, 0.15) is 13.3 Å². The molecule has 2 atom stereocenters. The van der Waals surface area contributed by atoms with Gasteiger partial charge in [0.2, 0.25) is 0 Å². The number of ether oxygens (including phenoxy) is 1. The molecule has 0 aromatic carbocycles. The van der Waals surface area contributed by atoms with Crippen LogP contribution in [0.4, 0.5) is 0 Å². The van der Waals surface area contributed by atoms with Crippen molar-refractivity contribution in [3.63, 3.8) is 0 Å². The van der Waals surface area contributed by atoms with Crippen molar-refractivity contribution in [3.8, 4) is 0 Å². The minimum absolute atomic E-state index is 0.155. The predicted octanol–water partition coefficient (Wildman–Crippen LogP) is -0.548. The Labute approximate surface area is 96.8 Å². The van der Waals surface area contributed by atoms with Crippen LogP contribution in [-0.4, -0.2) is 61.9 Å². The SMILES string of the molecule is COC(=O)CN1CC(C)CC(NCCO)C1. The standard InChI is InChI=1S/C11H22N2O3/c1-9-5-10(12-3-4-14)7-13(6-9)8-11(15)16-2/h9-10,12,14H,3-8H2,1-2H3. The Balaban J connectivity index is 2.37. The van der Waals surface area contributed by atoms with Crippen LogP contribution in [0.25, 0.3) is 0 Å². The van der Waals surface area contributed by atoms with Gasteiger partial charge in [0.1, 0.15) is 0 Å². The van der Waals surface area contributed by atoms with E-state index in [2.05, 4.69) is 21.9 Å². The Kier molecular flexibility index (Phi) is 5.73. The van der Waals surface area contributed by atoms with Crippen LogP contribution in [0, 0.1) is 5.92 Å². The van der Waals surface area contributed by atoms with Crippen LogP contribution < -0.4 is 5.32 Å². The lowest BCUT2D eigenvalue weighted by Crippen LogP contribution is -2.50. The molecule has 1 fully saturated rings. The van der Waals surface area contributed by atoms with Gasteiger partial charge in [0, 0.05) is 25.7 Å². The summed E-state index contributed by atoms with van der Waals surface area (Å²) in [5.41, 5.74) is 0. The molecule has 94 valence electrons. The third kappa shape index (κ3) is 4.47. The van der Waals surface area contributed by atoms with Gasteiger partial charge in [0.15, 0.2) is 0 Å². The number of aliphatic hydroxyl groups is 1. The molecular weight excluding hydrogens is 208 g/mol. The summed E-state index contributed by atoms with van der Waals surface area (Å²) in [5.74, 6) is 0.379. The van der Waals surface area contributed by atoms with E-state index in [1.807, 2.05) is 0 Å².